The zero-order valence-electron chi connectivity index (χ0n) is 15.6. The van der Waals surface area contributed by atoms with Gasteiger partial charge in [0.05, 0.1) is 13.2 Å². The van der Waals surface area contributed by atoms with Crippen molar-refractivity contribution in [3.8, 4) is 0 Å². The maximum absolute atomic E-state index is 10.1. The molecule has 0 amide bonds. The lowest BCUT2D eigenvalue weighted by Crippen LogP contribution is -2.48. The third kappa shape index (κ3) is 14.1. The summed E-state index contributed by atoms with van der Waals surface area (Å²) < 4.78 is 0. The Balaban J connectivity index is -0.000000412. The van der Waals surface area contributed by atoms with Crippen LogP contribution >= 0.6 is 0 Å². The number of aliphatic hydroxyl groups is 10. The van der Waals surface area contributed by atoms with Crippen molar-refractivity contribution in [1.29, 1.82) is 0 Å². The van der Waals surface area contributed by atoms with Gasteiger partial charge in [0.25, 0.3) is 5.97 Å². The Labute approximate surface area is 168 Å². The molecule has 8 atom stereocenters. The molecule has 0 aliphatic rings. The Morgan fingerprint density at radius 3 is 0.900 bits per heavy atom. The van der Waals surface area contributed by atoms with Crippen molar-refractivity contribution in [3.63, 3.8) is 0 Å². The van der Waals surface area contributed by atoms with E-state index in [1.54, 1.807) is 0 Å². The second-order valence-corrected chi connectivity index (χ2v) is 5.55. The van der Waals surface area contributed by atoms with Gasteiger partial charge in [-0.3, -0.25) is 4.79 Å². The molecule has 0 aliphatic heterocycles. The molecule has 16 nitrogen and oxygen atoms in total. The van der Waals surface area contributed by atoms with Crippen molar-refractivity contribution in [2.45, 2.75) is 55.8 Å². The molecule has 13 N–H and O–H groups in total. The molecule has 0 unspecified atom stereocenters. The molecule has 16 heteroatoms. The topological polar surface area (TPSA) is 314 Å². The van der Waals surface area contributed by atoms with Crippen molar-refractivity contribution in [2.24, 2.45) is 0 Å². The quantitative estimate of drug-likeness (QED) is 0.146. The number of aliphatic hydroxyl groups excluding tert-OH is 10. The predicted molar refractivity (Wildman–Crippen MR) is 90.8 cm³/mol. The van der Waals surface area contributed by atoms with E-state index in [-0.39, 0.29) is 0 Å². The predicted octanol–water partition coefficient (Wildman–Crippen LogP) is -6.90. The van der Waals surface area contributed by atoms with E-state index >= 15 is 0 Å². The van der Waals surface area contributed by atoms with E-state index in [1.165, 1.54) is 0 Å². The second-order valence-electron chi connectivity index (χ2n) is 5.55. The SMILES string of the molecule is CC(=O)O.O=C(O)[C@H](O)[C@@H](O)[C@H](O)[C@H](O)CO.O=C(O)[C@H](O)[C@@H](O)[C@H](O)[C@H](O)CO. The fourth-order valence-corrected chi connectivity index (χ4v) is 1.34. The van der Waals surface area contributed by atoms with Crippen LogP contribution in [-0.2, 0) is 14.4 Å². The van der Waals surface area contributed by atoms with E-state index in [9.17, 15) is 9.59 Å². The van der Waals surface area contributed by atoms with E-state index in [0.29, 0.717) is 0 Å². The van der Waals surface area contributed by atoms with Crippen LogP contribution in [0.2, 0.25) is 0 Å². The molecule has 0 fully saturated rings. The van der Waals surface area contributed by atoms with Crippen LogP contribution < -0.4 is 0 Å². The number of carboxylic acid groups (broad SMARTS) is 3. The van der Waals surface area contributed by atoms with Gasteiger partial charge in [-0.25, -0.2) is 9.59 Å². The second kappa shape index (κ2) is 16.8. The molecule has 0 aromatic heterocycles. The van der Waals surface area contributed by atoms with E-state index in [0.717, 1.165) is 6.92 Å². The van der Waals surface area contributed by atoms with Gasteiger partial charge in [0, 0.05) is 6.92 Å². The first-order valence-corrected chi connectivity index (χ1v) is 7.88. The lowest BCUT2D eigenvalue weighted by atomic mass is 10.0. The van der Waals surface area contributed by atoms with Gasteiger partial charge in [-0.15, -0.1) is 0 Å². The summed E-state index contributed by atoms with van der Waals surface area (Å²) in [5.74, 6) is -4.28. The van der Waals surface area contributed by atoms with Crippen molar-refractivity contribution >= 4 is 17.9 Å². The third-order valence-corrected chi connectivity index (χ3v) is 3.02. The number of carbonyl (C=O) groups is 3. The highest BCUT2D eigenvalue weighted by molar-refractivity contribution is 5.73. The van der Waals surface area contributed by atoms with Gasteiger partial charge in [-0.1, -0.05) is 0 Å². The summed E-state index contributed by atoms with van der Waals surface area (Å²) in [5.41, 5.74) is 0. The van der Waals surface area contributed by atoms with Crippen molar-refractivity contribution < 1.29 is 80.8 Å². The van der Waals surface area contributed by atoms with Crippen molar-refractivity contribution in [3.05, 3.63) is 0 Å². The molecule has 0 spiro atoms. The van der Waals surface area contributed by atoms with E-state index in [2.05, 4.69) is 0 Å². The normalized spacial score (nSPS) is 18.5. The molecule has 0 saturated carbocycles. The maximum atomic E-state index is 10.1. The number of hydrogen-bond acceptors (Lipinski definition) is 13. The molecule has 0 aliphatic carbocycles. The standard InChI is InChI=1S/2C6H12O7.C2H4O2/c2*7-1-2(8)3(9)4(10)5(11)6(12)13;1-2(3)4/h2*2-5,7-11H,1H2,(H,12,13);1H3,(H,3,4)/t2*2-,3-,4+,5-;/m11./s1. The molecule has 0 saturated heterocycles. The maximum Gasteiger partial charge on any atom is 0.335 e. The molecule has 0 radical (unpaired) electrons. The summed E-state index contributed by atoms with van der Waals surface area (Å²) in [6.45, 7) is -0.602. The fourth-order valence-electron chi connectivity index (χ4n) is 1.34. The molecule has 0 aromatic carbocycles. The molecular weight excluding hydrogens is 424 g/mol. The van der Waals surface area contributed by atoms with Crippen molar-refractivity contribution in [1.82, 2.24) is 0 Å². The number of rotatable bonds is 10. The summed E-state index contributed by atoms with van der Waals surface area (Å²) in [7, 11) is 0. The Hall–Kier alpha value is -1.99. The summed E-state index contributed by atoms with van der Waals surface area (Å²) in [6, 6.07) is 0. The zero-order chi connectivity index (χ0) is 24.8. The first kappa shape index (κ1) is 32.7. The van der Waals surface area contributed by atoms with Gasteiger partial charge in [-0.2, -0.15) is 0 Å². The van der Waals surface area contributed by atoms with Crippen molar-refractivity contribution in [2.75, 3.05) is 13.2 Å². The van der Waals surface area contributed by atoms with Gasteiger partial charge in [0.1, 0.15) is 36.6 Å². The minimum atomic E-state index is -2.20. The van der Waals surface area contributed by atoms with E-state index in [4.69, 9.17) is 71.2 Å². The summed E-state index contributed by atoms with van der Waals surface area (Å²) in [5, 5.41) is 111. The zero-order valence-corrected chi connectivity index (χ0v) is 15.6. The van der Waals surface area contributed by atoms with E-state index in [1.807, 2.05) is 0 Å². The lowest BCUT2D eigenvalue weighted by molar-refractivity contribution is -0.164. The largest absolute Gasteiger partial charge is 0.481 e. The monoisotopic (exact) mass is 452 g/mol. The van der Waals surface area contributed by atoms with Crippen LogP contribution in [-0.4, -0.2) is 146 Å². The molecular formula is C14H28O16. The minimum Gasteiger partial charge on any atom is -0.481 e. The number of aliphatic carboxylic acids is 3. The molecule has 0 bridgehead atoms. The first-order valence-electron chi connectivity index (χ1n) is 7.88. The number of carboxylic acids is 3. The molecule has 0 heterocycles. The van der Waals surface area contributed by atoms with Gasteiger partial charge < -0.3 is 66.4 Å². The highest BCUT2D eigenvalue weighted by atomic mass is 16.4. The van der Waals surface area contributed by atoms with Gasteiger partial charge in [0.15, 0.2) is 12.2 Å². The lowest BCUT2D eigenvalue weighted by Gasteiger charge is -2.23. The fraction of sp³-hybridized carbons (Fsp3) is 0.786. The Bertz CT molecular complexity index is 456. The summed E-state index contributed by atoms with van der Waals surface area (Å²) >= 11 is 0. The Morgan fingerprint density at radius 2 is 0.767 bits per heavy atom. The third-order valence-electron chi connectivity index (χ3n) is 3.02. The smallest absolute Gasteiger partial charge is 0.335 e. The van der Waals surface area contributed by atoms with Crippen LogP contribution in [0.5, 0.6) is 0 Å². The summed E-state index contributed by atoms with van der Waals surface area (Å²) in [4.78, 5) is 29.2. The number of hydrogen-bond donors (Lipinski definition) is 13. The Kier molecular flexibility index (Phi) is 18.3. The molecule has 0 rings (SSSR count). The average molecular weight is 452 g/mol. The molecule has 30 heavy (non-hydrogen) atoms. The summed E-state index contributed by atoms with van der Waals surface area (Å²) in [6.07, 6.45) is -15.7. The highest BCUT2D eigenvalue weighted by Crippen LogP contribution is 2.05. The van der Waals surface area contributed by atoms with Crippen LogP contribution in [0.15, 0.2) is 0 Å². The van der Waals surface area contributed by atoms with Gasteiger partial charge in [0.2, 0.25) is 0 Å². The highest BCUT2D eigenvalue weighted by Gasteiger charge is 2.34. The Morgan fingerprint density at radius 1 is 0.567 bits per heavy atom. The van der Waals surface area contributed by atoms with Crippen LogP contribution in [0.4, 0.5) is 0 Å². The van der Waals surface area contributed by atoms with Crippen LogP contribution in [0.25, 0.3) is 0 Å². The molecule has 180 valence electrons. The molecule has 0 aromatic rings. The minimum absolute atomic E-state index is 0.833. The average Bonchev–Trinajstić information content (AvgIpc) is 2.68. The van der Waals surface area contributed by atoms with Crippen LogP contribution in [0.3, 0.4) is 0 Å². The van der Waals surface area contributed by atoms with Gasteiger partial charge in [-0.05, 0) is 0 Å². The first-order chi connectivity index (χ1) is 13.6. The van der Waals surface area contributed by atoms with Crippen LogP contribution in [0, 0.1) is 0 Å². The van der Waals surface area contributed by atoms with Gasteiger partial charge >= 0.3 is 11.9 Å². The van der Waals surface area contributed by atoms with E-state index < -0.39 is 80.0 Å². The van der Waals surface area contributed by atoms with Crippen LogP contribution in [0.1, 0.15) is 6.92 Å².